The van der Waals surface area contributed by atoms with Crippen LogP contribution in [0.4, 0.5) is 22.7 Å². The Hall–Kier alpha value is -8.02. The number of rotatable bonds is 10. The number of phenolic OH excluding ortho intramolecular Hbond substituents is 1. The Kier molecular flexibility index (Phi) is 10.7. The second kappa shape index (κ2) is 16.3. The van der Waals surface area contributed by atoms with E-state index in [2.05, 4.69) is 40.9 Å². The van der Waals surface area contributed by atoms with Crippen molar-refractivity contribution in [2.24, 2.45) is 20.5 Å². The molecule has 5 N–H and O–H groups in total. The third kappa shape index (κ3) is 8.47. The van der Waals surface area contributed by atoms with E-state index in [9.17, 15) is 57.0 Å². The highest BCUT2D eigenvalue weighted by Gasteiger charge is 2.25. The van der Waals surface area contributed by atoms with Crippen molar-refractivity contribution >= 4 is 118 Å². The molecule has 8 aromatic carbocycles. The molecule has 0 aliphatic heterocycles. The quantitative estimate of drug-likeness (QED) is 0.0633. The lowest BCUT2D eigenvalue weighted by molar-refractivity contribution is 0.472. The maximum absolute atomic E-state index is 12.7. The third-order valence-corrected chi connectivity index (χ3v) is 14.4. The Morgan fingerprint density at radius 1 is 0.443 bits per heavy atom. The second-order valence-corrected chi connectivity index (χ2v) is 21.1. The lowest BCUT2D eigenvalue weighted by Crippen LogP contribution is -2.04. The molecule has 0 saturated heterocycles. The summed E-state index contributed by atoms with van der Waals surface area (Å²) in [6.07, 6.45) is 0. The van der Waals surface area contributed by atoms with Gasteiger partial charge in [-0.25, -0.2) is 0 Å². The molecule has 27 heteroatoms. The van der Waals surface area contributed by atoms with Crippen molar-refractivity contribution in [3.05, 3.63) is 127 Å². The first-order chi connectivity index (χ1) is 33.0. The van der Waals surface area contributed by atoms with Crippen LogP contribution in [0.5, 0.6) is 5.75 Å². The van der Waals surface area contributed by atoms with Crippen LogP contribution in [0.15, 0.2) is 161 Å². The van der Waals surface area contributed by atoms with Crippen LogP contribution < -0.4 is 0 Å². The van der Waals surface area contributed by atoms with Crippen LogP contribution in [0.3, 0.4) is 0 Å². The Bertz CT molecular complexity index is 4450. The topological polar surface area (TPSA) is 349 Å². The number of aryl methyl sites for hydroxylation is 1. The highest BCUT2D eigenvalue weighted by atomic mass is 32.2. The summed E-state index contributed by atoms with van der Waals surface area (Å²) in [6.45, 7) is 1.71. The van der Waals surface area contributed by atoms with Gasteiger partial charge in [0.1, 0.15) is 37.5 Å². The fourth-order valence-corrected chi connectivity index (χ4v) is 10.1. The third-order valence-electron chi connectivity index (χ3n) is 11.0. The molecule has 0 atom stereocenters. The van der Waals surface area contributed by atoms with Crippen molar-refractivity contribution in [1.82, 2.24) is 30.0 Å². The van der Waals surface area contributed by atoms with Crippen molar-refractivity contribution in [1.29, 1.82) is 0 Å². The van der Waals surface area contributed by atoms with Crippen molar-refractivity contribution in [2.75, 3.05) is 0 Å². The summed E-state index contributed by atoms with van der Waals surface area (Å²) >= 11 is 0. The first-order valence-electron chi connectivity index (χ1n) is 19.9. The lowest BCUT2D eigenvalue weighted by Gasteiger charge is -2.10. The number of nitrogens with zero attached hydrogens (tertiary/aromatic N) is 10. The molecule has 352 valence electrons. The minimum Gasteiger partial charge on any atom is -0.505 e. The standard InChI is InChI=1S/C43H28N10O13S4/c1-22-16-26(5-14-35(22)46-44-25-3-6-27(7-4-25)52-48-37-15-12-33-34(41(37)51-52)20-30(68(58,59)60)21-38(33)69(61,62)63)45-47-42-39(70(64,65)66)19-24-17-28(8-10-32(24)43(42)54)53-49-36-13-2-23-18-29(67(55,56)57)9-11-31(23)40(36)50-53/h2-21,54H,1H3,(H,55,56,57)(H,58,59,60)(H,61,62,63)(H,64,65,66). The van der Waals surface area contributed by atoms with Crippen molar-refractivity contribution in [2.45, 2.75) is 26.5 Å². The molecule has 2 heterocycles. The Morgan fingerprint density at radius 2 is 1.03 bits per heavy atom. The van der Waals surface area contributed by atoms with E-state index in [4.69, 9.17) is 0 Å². The summed E-state index contributed by atoms with van der Waals surface area (Å²) in [4.78, 5) is -0.0681. The predicted octanol–water partition coefficient (Wildman–Crippen LogP) is 8.45. The zero-order valence-corrected chi connectivity index (χ0v) is 38.4. The number of aromatic nitrogens is 6. The first-order valence-corrected chi connectivity index (χ1v) is 25.6. The van der Waals surface area contributed by atoms with Crippen molar-refractivity contribution < 1.29 is 57.0 Å². The van der Waals surface area contributed by atoms with Gasteiger partial charge in [0.2, 0.25) is 0 Å². The fraction of sp³-hybridized carbons (Fsp3) is 0.0233. The molecule has 0 spiro atoms. The average molecular weight is 1020 g/mol. The largest absolute Gasteiger partial charge is 0.505 e. The van der Waals surface area contributed by atoms with Crippen molar-refractivity contribution in [3.63, 3.8) is 0 Å². The van der Waals surface area contributed by atoms with E-state index < -0.39 is 66.6 Å². The zero-order chi connectivity index (χ0) is 49.7. The van der Waals surface area contributed by atoms with Gasteiger partial charge in [-0.1, -0.05) is 18.2 Å². The molecule has 0 unspecified atom stereocenters. The van der Waals surface area contributed by atoms with Crippen LogP contribution in [-0.4, -0.2) is 87.0 Å². The maximum atomic E-state index is 12.7. The molecule has 0 aliphatic rings. The van der Waals surface area contributed by atoms with E-state index >= 15 is 0 Å². The minimum atomic E-state index is -4.98. The summed E-state index contributed by atoms with van der Waals surface area (Å²) in [5.41, 5.74) is 3.03. The Morgan fingerprint density at radius 3 is 1.69 bits per heavy atom. The zero-order valence-electron chi connectivity index (χ0n) is 35.2. The van der Waals surface area contributed by atoms with Gasteiger partial charge in [-0.3, -0.25) is 18.2 Å². The summed E-state index contributed by atoms with van der Waals surface area (Å²) in [7, 11) is -19.2. The minimum absolute atomic E-state index is 0.00821. The molecule has 10 rings (SSSR count). The van der Waals surface area contributed by atoms with Gasteiger partial charge in [-0.2, -0.15) is 58.6 Å². The number of fused-ring (bicyclic) bond motifs is 7. The summed E-state index contributed by atoms with van der Waals surface area (Å²) in [6, 6.07) is 28.4. The van der Waals surface area contributed by atoms with Crippen LogP contribution >= 0.6 is 0 Å². The molecule has 0 bridgehead atoms. The van der Waals surface area contributed by atoms with Gasteiger partial charge in [-0.15, -0.1) is 25.5 Å². The van der Waals surface area contributed by atoms with Gasteiger partial charge >= 0.3 is 0 Å². The number of aromatic hydroxyl groups is 1. The van der Waals surface area contributed by atoms with E-state index in [1.54, 1.807) is 61.5 Å². The molecular weight excluding hydrogens is 993 g/mol. The summed E-state index contributed by atoms with van der Waals surface area (Å²) < 4.78 is 136. The van der Waals surface area contributed by atoms with E-state index in [0.717, 1.165) is 12.1 Å². The van der Waals surface area contributed by atoms with E-state index in [-0.39, 0.29) is 43.2 Å². The lowest BCUT2D eigenvalue weighted by atomic mass is 10.1. The molecule has 70 heavy (non-hydrogen) atoms. The van der Waals surface area contributed by atoms with Gasteiger partial charge in [0.15, 0.2) is 5.75 Å². The summed E-state index contributed by atoms with van der Waals surface area (Å²) in [5.74, 6) is -0.596. The van der Waals surface area contributed by atoms with Gasteiger partial charge in [0, 0.05) is 21.5 Å². The number of phenols is 1. The molecule has 0 fully saturated rings. The Labute approximate surface area is 393 Å². The molecule has 23 nitrogen and oxygen atoms in total. The molecular formula is C43H28N10O13S4. The van der Waals surface area contributed by atoms with Crippen LogP contribution in [0.2, 0.25) is 0 Å². The second-order valence-electron chi connectivity index (χ2n) is 15.5. The SMILES string of the molecule is Cc1cc(N=Nc2c(S(=O)(=O)O)cc3cc(-n4nc5ccc6cc(S(=O)(=O)O)ccc6c5n4)ccc3c2O)ccc1N=Nc1ccc(-n2nc3ccc4c(S(=O)(=O)O)cc(S(=O)(=O)O)cc4c3n2)cc1. The summed E-state index contributed by atoms with van der Waals surface area (Å²) in [5, 5.41) is 47.2. The molecule has 10 aromatic rings. The van der Waals surface area contributed by atoms with Crippen molar-refractivity contribution in [3.8, 4) is 17.1 Å². The van der Waals surface area contributed by atoms with Gasteiger partial charge in [-0.05, 0) is 126 Å². The van der Waals surface area contributed by atoms with Gasteiger partial charge in [0.25, 0.3) is 40.5 Å². The van der Waals surface area contributed by atoms with Gasteiger partial charge < -0.3 is 5.11 Å². The first kappa shape index (κ1) is 45.7. The monoisotopic (exact) mass is 1020 g/mol. The normalized spacial score (nSPS) is 13.0. The van der Waals surface area contributed by atoms with E-state index in [0.29, 0.717) is 56.2 Å². The van der Waals surface area contributed by atoms with Crippen LogP contribution in [-0.2, 0) is 40.5 Å². The molecule has 0 aliphatic carbocycles. The molecule has 0 amide bonds. The van der Waals surface area contributed by atoms with Crippen LogP contribution in [0.1, 0.15) is 5.56 Å². The number of benzene rings is 8. The molecule has 2 aromatic heterocycles. The number of hydrogen-bond acceptors (Lipinski definition) is 17. The van der Waals surface area contributed by atoms with E-state index in [1.165, 1.54) is 58.1 Å². The number of azo groups is 2. The Balaban J connectivity index is 0.892. The van der Waals surface area contributed by atoms with Gasteiger partial charge in [0.05, 0.1) is 38.2 Å². The molecule has 0 saturated carbocycles. The average Bonchev–Trinajstić information content (AvgIpc) is 3.95. The highest BCUT2D eigenvalue weighted by Crippen LogP contribution is 2.42. The predicted molar refractivity (Wildman–Crippen MR) is 251 cm³/mol. The van der Waals surface area contributed by atoms with Crippen LogP contribution in [0.25, 0.3) is 65.8 Å². The van der Waals surface area contributed by atoms with Crippen LogP contribution in [0, 0.1) is 6.92 Å². The maximum Gasteiger partial charge on any atom is 0.296 e. The fourth-order valence-electron chi connectivity index (χ4n) is 7.63. The molecule has 0 radical (unpaired) electrons. The highest BCUT2D eigenvalue weighted by molar-refractivity contribution is 7.87. The van der Waals surface area contributed by atoms with E-state index in [1.807, 2.05) is 0 Å². The number of hydrogen-bond donors (Lipinski definition) is 5. The smallest absolute Gasteiger partial charge is 0.296 e.